The Morgan fingerprint density at radius 1 is 1.30 bits per heavy atom. The molecule has 0 bridgehead atoms. The lowest BCUT2D eigenvalue weighted by atomic mass is 9.95. The molecule has 0 aromatic heterocycles. The van der Waals surface area contributed by atoms with Crippen LogP contribution < -0.4 is 5.32 Å². The second-order valence-corrected chi connectivity index (χ2v) is 6.25. The summed E-state index contributed by atoms with van der Waals surface area (Å²) in [6, 6.07) is 8.07. The zero-order valence-electron chi connectivity index (χ0n) is 13.6. The largest absolute Gasteiger partial charge is 0.312 e. The first-order chi connectivity index (χ1) is 9.65. The van der Waals surface area contributed by atoms with Crippen molar-refractivity contribution in [3.05, 3.63) is 34.9 Å². The van der Waals surface area contributed by atoms with Gasteiger partial charge in [0.15, 0.2) is 0 Å². The first-order valence-electron chi connectivity index (χ1n) is 8.14. The van der Waals surface area contributed by atoms with Gasteiger partial charge in [-0.2, -0.15) is 0 Å². The maximum absolute atomic E-state index is 3.53. The monoisotopic (exact) mass is 274 g/mol. The standard InChI is InChI=1S/C18H30N2/c1-5-16-8-6-7-11-20(16)13-18(19-4)17-10-9-14(2)12-15(17)3/h9-10,12,16,18-19H,5-8,11,13H2,1-4H3. The molecule has 112 valence electrons. The van der Waals surface area contributed by atoms with Gasteiger partial charge in [-0.05, 0) is 57.8 Å². The van der Waals surface area contributed by atoms with Crippen LogP contribution in [-0.4, -0.2) is 31.1 Å². The number of aryl methyl sites for hydroxylation is 2. The van der Waals surface area contributed by atoms with Crippen LogP contribution in [0, 0.1) is 13.8 Å². The zero-order valence-corrected chi connectivity index (χ0v) is 13.6. The molecule has 1 heterocycles. The van der Waals surface area contributed by atoms with Crippen LogP contribution in [0.3, 0.4) is 0 Å². The summed E-state index contributed by atoms with van der Waals surface area (Å²) in [6.45, 7) is 9.14. The molecule has 1 aliphatic rings. The predicted molar refractivity (Wildman–Crippen MR) is 87.2 cm³/mol. The van der Waals surface area contributed by atoms with Crippen LogP contribution >= 0.6 is 0 Å². The molecule has 0 amide bonds. The van der Waals surface area contributed by atoms with Crippen LogP contribution in [0.25, 0.3) is 0 Å². The summed E-state index contributed by atoms with van der Waals surface area (Å²) < 4.78 is 0. The fraction of sp³-hybridized carbons (Fsp3) is 0.667. The van der Waals surface area contributed by atoms with Crippen molar-refractivity contribution in [1.82, 2.24) is 10.2 Å². The molecule has 1 aromatic carbocycles. The highest BCUT2D eigenvalue weighted by molar-refractivity contribution is 5.33. The fourth-order valence-electron chi connectivity index (χ4n) is 3.56. The quantitative estimate of drug-likeness (QED) is 0.878. The van der Waals surface area contributed by atoms with Crippen molar-refractivity contribution in [2.45, 2.75) is 58.5 Å². The molecule has 1 aromatic rings. The summed E-state index contributed by atoms with van der Waals surface area (Å²) >= 11 is 0. The van der Waals surface area contributed by atoms with E-state index in [1.165, 1.54) is 48.9 Å². The van der Waals surface area contributed by atoms with Gasteiger partial charge in [-0.3, -0.25) is 4.90 Å². The maximum Gasteiger partial charge on any atom is 0.0449 e. The molecule has 1 N–H and O–H groups in total. The molecule has 1 aliphatic heterocycles. The third-order valence-corrected chi connectivity index (χ3v) is 4.79. The minimum absolute atomic E-state index is 0.447. The Balaban J connectivity index is 2.11. The Morgan fingerprint density at radius 3 is 2.75 bits per heavy atom. The van der Waals surface area contributed by atoms with Gasteiger partial charge in [0.25, 0.3) is 0 Å². The fourth-order valence-corrected chi connectivity index (χ4v) is 3.56. The molecule has 0 saturated carbocycles. The van der Waals surface area contributed by atoms with E-state index < -0.39 is 0 Å². The number of hydrogen-bond acceptors (Lipinski definition) is 2. The number of hydrogen-bond donors (Lipinski definition) is 1. The Hall–Kier alpha value is -0.860. The van der Waals surface area contributed by atoms with Gasteiger partial charge in [0.05, 0.1) is 0 Å². The molecule has 0 aliphatic carbocycles. The highest BCUT2D eigenvalue weighted by Crippen LogP contribution is 2.25. The summed E-state index contributed by atoms with van der Waals surface area (Å²) in [7, 11) is 2.09. The molecular formula is C18H30N2. The van der Waals surface area contributed by atoms with E-state index in [-0.39, 0.29) is 0 Å². The van der Waals surface area contributed by atoms with Gasteiger partial charge in [-0.25, -0.2) is 0 Å². The van der Waals surface area contributed by atoms with E-state index in [1.807, 2.05) is 0 Å². The molecule has 1 fully saturated rings. The van der Waals surface area contributed by atoms with E-state index in [4.69, 9.17) is 0 Å². The highest BCUT2D eigenvalue weighted by atomic mass is 15.2. The molecule has 0 radical (unpaired) electrons. The third-order valence-electron chi connectivity index (χ3n) is 4.79. The second-order valence-electron chi connectivity index (χ2n) is 6.25. The first-order valence-corrected chi connectivity index (χ1v) is 8.14. The van der Waals surface area contributed by atoms with Crippen molar-refractivity contribution in [2.24, 2.45) is 0 Å². The normalized spacial score (nSPS) is 21.9. The third kappa shape index (κ3) is 3.62. The zero-order chi connectivity index (χ0) is 14.5. The van der Waals surface area contributed by atoms with E-state index >= 15 is 0 Å². The van der Waals surface area contributed by atoms with E-state index in [9.17, 15) is 0 Å². The Morgan fingerprint density at radius 2 is 2.10 bits per heavy atom. The van der Waals surface area contributed by atoms with Gasteiger partial charge < -0.3 is 5.32 Å². The molecule has 1 saturated heterocycles. The minimum atomic E-state index is 0.447. The van der Waals surface area contributed by atoms with Crippen LogP contribution in [0.1, 0.15) is 55.3 Å². The molecule has 2 unspecified atom stereocenters. The topological polar surface area (TPSA) is 15.3 Å². The van der Waals surface area contributed by atoms with Crippen LogP contribution in [-0.2, 0) is 0 Å². The lowest BCUT2D eigenvalue weighted by Crippen LogP contribution is -2.43. The Labute approximate surface area is 124 Å². The van der Waals surface area contributed by atoms with Crippen molar-refractivity contribution in [3.8, 4) is 0 Å². The van der Waals surface area contributed by atoms with Gasteiger partial charge in [0.1, 0.15) is 0 Å². The predicted octanol–water partition coefficient (Wildman–Crippen LogP) is 3.83. The van der Waals surface area contributed by atoms with Crippen LogP contribution in [0.2, 0.25) is 0 Å². The smallest absolute Gasteiger partial charge is 0.0449 e. The first kappa shape index (κ1) is 15.5. The van der Waals surface area contributed by atoms with E-state index in [1.54, 1.807) is 0 Å². The summed E-state index contributed by atoms with van der Waals surface area (Å²) in [4.78, 5) is 2.70. The van der Waals surface area contributed by atoms with Crippen molar-refractivity contribution >= 4 is 0 Å². The number of nitrogens with one attached hydrogen (secondary N) is 1. The highest BCUT2D eigenvalue weighted by Gasteiger charge is 2.24. The SMILES string of the molecule is CCC1CCCCN1CC(NC)c1ccc(C)cc1C. The Kier molecular flexibility index (Phi) is 5.62. The van der Waals surface area contributed by atoms with Gasteiger partial charge in [0.2, 0.25) is 0 Å². The molecule has 2 atom stereocenters. The van der Waals surface area contributed by atoms with Gasteiger partial charge in [-0.15, -0.1) is 0 Å². The van der Waals surface area contributed by atoms with E-state index in [0.717, 1.165) is 12.6 Å². The number of likely N-dealkylation sites (tertiary alicyclic amines) is 1. The van der Waals surface area contributed by atoms with Crippen LogP contribution in [0.15, 0.2) is 18.2 Å². The Bertz CT molecular complexity index is 427. The van der Waals surface area contributed by atoms with Gasteiger partial charge >= 0.3 is 0 Å². The molecular weight excluding hydrogens is 244 g/mol. The van der Waals surface area contributed by atoms with Gasteiger partial charge in [-0.1, -0.05) is 37.1 Å². The number of benzene rings is 1. The second kappa shape index (κ2) is 7.24. The number of likely N-dealkylation sites (N-methyl/N-ethyl adjacent to an activating group) is 1. The van der Waals surface area contributed by atoms with Crippen LogP contribution in [0.4, 0.5) is 0 Å². The van der Waals surface area contributed by atoms with Crippen LogP contribution in [0.5, 0.6) is 0 Å². The lowest BCUT2D eigenvalue weighted by Gasteiger charge is -2.37. The molecule has 2 heteroatoms. The lowest BCUT2D eigenvalue weighted by molar-refractivity contribution is 0.130. The summed E-state index contributed by atoms with van der Waals surface area (Å²) in [5, 5.41) is 3.53. The van der Waals surface area contributed by atoms with Crippen molar-refractivity contribution in [1.29, 1.82) is 0 Å². The number of piperidine rings is 1. The number of nitrogens with zero attached hydrogens (tertiary/aromatic N) is 1. The maximum atomic E-state index is 3.53. The average molecular weight is 274 g/mol. The van der Waals surface area contributed by atoms with Gasteiger partial charge in [0, 0.05) is 18.6 Å². The van der Waals surface area contributed by atoms with Crippen molar-refractivity contribution in [2.75, 3.05) is 20.1 Å². The van der Waals surface area contributed by atoms with Crippen molar-refractivity contribution < 1.29 is 0 Å². The summed E-state index contributed by atoms with van der Waals surface area (Å²) in [5.74, 6) is 0. The minimum Gasteiger partial charge on any atom is -0.312 e. The number of rotatable bonds is 5. The molecule has 20 heavy (non-hydrogen) atoms. The average Bonchev–Trinajstić information content (AvgIpc) is 2.46. The molecule has 0 spiro atoms. The van der Waals surface area contributed by atoms with E-state index in [0.29, 0.717) is 6.04 Å². The summed E-state index contributed by atoms with van der Waals surface area (Å²) in [5.41, 5.74) is 4.22. The molecule has 2 rings (SSSR count). The van der Waals surface area contributed by atoms with E-state index in [2.05, 4.69) is 56.2 Å². The summed E-state index contributed by atoms with van der Waals surface area (Å²) in [6.07, 6.45) is 5.42. The van der Waals surface area contributed by atoms with Crippen molar-refractivity contribution in [3.63, 3.8) is 0 Å². The molecule has 2 nitrogen and oxygen atoms in total.